The fourth-order valence-electron chi connectivity index (χ4n) is 12.4. The minimum absolute atomic E-state index is 0.0219. The highest BCUT2D eigenvalue weighted by Crippen LogP contribution is 2.76. The van der Waals surface area contributed by atoms with Crippen molar-refractivity contribution in [1.29, 1.82) is 0 Å². The molecule has 6 nitrogen and oxygen atoms in total. The Bertz CT molecular complexity index is 1400. The summed E-state index contributed by atoms with van der Waals surface area (Å²) in [4.78, 5) is 11.8. The number of primary amides is 1. The molecule has 4 saturated carbocycles. The number of nitrogens with one attached hydrogen (secondary N) is 1. The smallest absolute Gasteiger partial charge is 0.332 e. The van der Waals surface area contributed by atoms with Crippen LogP contribution in [0.25, 0.3) is 6.08 Å². The lowest BCUT2D eigenvalue weighted by atomic mass is 9.34. The maximum Gasteiger partial charge on any atom is 0.332 e. The SMILES string of the molecule is CC1(C)CCC[C@](C)([C@H]2CC[C@]3(C)[C@@H]2[C@H](O)C[C@@H]2[C@@]4(C)CC(=C\c5ccc(Cl)cc5)/C(=N\NC(N)=O)C(C)(C)[C@@H]4CC[C@]23C)O1. The van der Waals surface area contributed by atoms with Crippen molar-refractivity contribution in [3.05, 3.63) is 40.4 Å². The molecule has 4 N–H and O–H groups in total. The van der Waals surface area contributed by atoms with Crippen molar-refractivity contribution in [1.82, 2.24) is 5.43 Å². The maximum atomic E-state index is 12.3. The number of hydrazone groups is 1. The van der Waals surface area contributed by atoms with Crippen LogP contribution in [-0.4, -0.2) is 34.2 Å². The van der Waals surface area contributed by atoms with E-state index < -0.39 is 6.03 Å². The number of nitrogens with zero attached hydrogens (tertiary/aromatic N) is 1. The molecule has 1 saturated heterocycles. The number of amides is 2. The number of nitrogens with two attached hydrogens (primary N) is 1. The van der Waals surface area contributed by atoms with E-state index in [-0.39, 0.29) is 44.9 Å². The van der Waals surface area contributed by atoms with Gasteiger partial charge in [0.1, 0.15) is 0 Å². The van der Waals surface area contributed by atoms with Crippen LogP contribution in [0.1, 0.15) is 119 Å². The Hall–Kier alpha value is -1.89. The topological polar surface area (TPSA) is 96.9 Å². The molecule has 1 aromatic carbocycles. The average Bonchev–Trinajstić information content (AvgIpc) is 3.31. The standard InChI is InChI=1S/C38H56ClN3O3/c1-33(2)16-9-17-38(8,45-33)26-14-18-37(7)30(26)27(43)21-29-35(5)22-24(20-23-10-12-25(39)13-11-23)31(41-42-32(40)44)34(3,4)28(35)15-19-36(29,37)6/h10-13,20,26-30,43H,9,14-19,21-22H2,1-8H3,(H3,40,42,44)/b24-20+,41-31+/t26-,27+,28-,29+,30-,35-,36+,37+,38+/m0/s1. The molecule has 7 heteroatoms. The first-order valence-electron chi connectivity index (χ1n) is 17.3. The lowest BCUT2D eigenvalue weighted by Gasteiger charge is -2.70. The van der Waals surface area contributed by atoms with Gasteiger partial charge < -0.3 is 15.6 Å². The molecule has 1 heterocycles. The van der Waals surface area contributed by atoms with Crippen LogP contribution in [0.5, 0.6) is 0 Å². The fraction of sp³-hybridized carbons (Fsp3) is 0.737. The zero-order valence-corrected chi connectivity index (χ0v) is 29.6. The van der Waals surface area contributed by atoms with Crippen molar-refractivity contribution in [2.75, 3.05) is 0 Å². The number of rotatable bonds is 3. The summed E-state index contributed by atoms with van der Waals surface area (Å²) >= 11 is 6.23. The van der Waals surface area contributed by atoms with Crippen LogP contribution >= 0.6 is 11.6 Å². The normalized spacial score (nSPS) is 45.4. The molecule has 0 spiro atoms. The maximum absolute atomic E-state index is 12.3. The van der Waals surface area contributed by atoms with E-state index in [1.165, 1.54) is 6.42 Å². The molecule has 1 aliphatic heterocycles. The summed E-state index contributed by atoms with van der Waals surface area (Å²) in [5.74, 6) is 1.27. The van der Waals surface area contributed by atoms with Gasteiger partial charge >= 0.3 is 6.03 Å². The number of hydrogen-bond donors (Lipinski definition) is 3. The predicted molar refractivity (Wildman–Crippen MR) is 183 cm³/mol. The second-order valence-electron chi connectivity index (χ2n) is 17.5. The summed E-state index contributed by atoms with van der Waals surface area (Å²) < 4.78 is 6.94. The molecular weight excluding hydrogens is 582 g/mol. The van der Waals surface area contributed by atoms with Crippen molar-refractivity contribution in [3.63, 3.8) is 0 Å². The van der Waals surface area contributed by atoms with Gasteiger partial charge in [0.15, 0.2) is 0 Å². The van der Waals surface area contributed by atoms with E-state index in [9.17, 15) is 9.90 Å². The molecule has 0 radical (unpaired) electrons. The number of allylic oxidation sites excluding steroid dienone is 1. The Morgan fingerprint density at radius 1 is 0.978 bits per heavy atom. The number of hydrogen-bond acceptors (Lipinski definition) is 4. The van der Waals surface area contributed by atoms with Crippen molar-refractivity contribution in [3.8, 4) is 0 Å². The van der Waals surface area contributed by atoms with E-state index in [0.29, 0.717) is 22.8 Å². The molecule has 9 atom stereocenters. The van der Waals surface area contributed by atoms with Gasteiger partial charge in [-0.25, -0.2) is 10.2 Å². The highest BCUT2D eigenvalue weighted by Gasteiger charge is 2.72. The van der Waals surface area contributed by atoms with Gasteiger partial charge in [0.2, 0.25) is 0 Å². The molecule has 248 valence electrons. The number of ether oxygens (including phenoxy) is 1. The quantitative estimate of drug-likeness (QED) is 0.289. The lowest BCUT2D eigenvalue weighted by molar-refractivity contribution is -0.243. The van der Waals surface area contributed by atoms with Crippen molar-refractivity contribution < 1.29 is 14.6 Å². The van der Waals surface area contributed by atoms with Gasteiger partial charge in [-0.15, -0.1) is 0 Å². The van der Waals surface area contributed by atoms with E-state index in [1.54, 1.807) is 0 Å². The summed E-state index contributed by atoms with van der Waals surface area (Å²) in [6, 6.07) is 7.23. The Kier molecular flexibility index (Phi) is 7.94. The third kappa shape index (κ3) is 5.11. The number of benzene rings is 1. The second-order valence-corrected chi connectivity index (χ2v) is 18.0. The number of aliphatic hydroxyl groups is 1. The number of carbonyl (C=O) groups is 1. The molecule has 0 bridgehead atoms. The first-order valence-corrected chi connectivity index (χ1v) is 17.7. The molecule has 6 rings (SSSR count). The molecule has 2 amide bonds. The van der Waals surface area contributed by atoms with Crippen LogP contribution in [0, 0.1) is 45.3 Å². The highest BCUT2D eigenvalue weighted by molar-refractivity contribution is 6.30. The lowest BCUT2D eigenvalue weighted by Crippen LogP contribution is -2.66. The Balaban J connectivity index is 1.41. The molecule has 5 aliphatic rings. The van der Waals surface area contributed by atoms with Crippen LogP contribution in [-0.2, 0) is 4.74 Å². The van der Waals surface area contributed by atoms with Crippen LogP contribution in [0.2, 0.25) is 5.02 Å². The zero-order chi connectivity index (χ0) is 32.8. The molecule has 4 aliphatic carbocycles. The van der Waals surface area contributed by atoms with Gasteiger partial charge in [0.25, 0.3) is 0 Å². The van der Waals surface area contributed by atoms with Crippen molar-refractivity contribution in [2.24, 2.45) is 56.2 Å². The summed E-state index contributed by atoms with van der Waals surface area (Å²) in [5.41, 5.74) is 10.6. The van der Waals surface area contributed by atoms with Crippen LogP contribution in [0.15, 0.2) is 34.9 Å². The monoisotopic (exact) mass is 637 g/mol. The highest BCUT2D eigenvalue weighted by atomic mass is 35.5. The Labute approximate surface area is 276 Å². The molecular formula is C38H56ClN3O3. The summed E-state index contributed by atoms with van der Waals surface area (Å²) in [5, 5.41) is 17.7. The van der Waals surface area contributed by atoms with Crippen molar-refractivity contribution in [2.45, 2.75) is 130 Å². The van der Waals surface area contributed by atoms with E-state index in [2.05, 4.69) is 72.0 Å². The van der Waals surface area contributed by atoms with Gasteiger partial charge in [-0.05, 0) is 148 Å². The van der Waals surface area contributed by atoms with E-state index >= 15 is 0 Å². The van der Waals surface area contributed by atoms with Crippen LogP contribution < -0.4 is 11.2 Å². The molecule has 5 fully saturated rings. The van der Waals surface area contributed by atoms with Crippen LogP contribution in [0.3, 0.4) is 0 Å². The van der Waals surface area contributed by atoms with Gasteiger partial charge in [-0.1, -0.05) is 58.4 Å². The molecule has 45 heavy (non-hydrogen) atoms. The number of urea groups is 1. The number of aliphatic hydroxyl groups excluding tert-OH is 1. The van der Waals surface area contributed by atoms with E-state index in [4.69, 9.17) is 22.1 Å². The minimum atomic E-state index is -0.655. The first-order chi connectivity index (χ1) is 20.9. The number of fused-ring (bicyclic) bond motifs is 5. The molecule has 0 aromatic heterocycles. The largest absolute Gasteiger partial charge is 0.393 e. The summed E-state index contributed by atoms with van der Waals surface area (Å²) in [6.45, 7) is 19.0. The number of carbonyl (C=O) groups excluding carboxylic acids is 1. The summed E-state index contributed by atoms with van der Waals surface area (Å²) in [6.07, 6.45) is 11.3. The van der Waals surface area contributed by atoms with Gasteiger partial charge in [0, 0.05) is 10.4 Å². The van der Waals surface area contributed by atoms with E-state index in [1.807, 2.05) is 24.3 Å². The number of halogens is 1. The van der Waals surface area contributed by atoms with E-state index in [0.717, 1.165) is 68.2 Å². The summed E-state index contributed by atoms with van der Waals surface area (Å²) in [7, 11) is 0. The zero-order valence-electron chi connectivity index (χ0n) is 28.8. The minimum Gasteiger partial charge on any atom is -0.393 e. The fourth-order valence-corrected chi connectivity index (χ4v) is 12.5. The molecule has 0 unspecified atom stereocenters. The van der Waals surface area contributed by atoms with Crippen molar-refractivity contribution >= 4 is 29.4 Å². The van der Waals surface area contributed by atoms with Crippen LogP contribution in [0.4, 0.5) is 4.79 Å². The first kappa shape index (κ1) is 33.0. The molecule has 1 aromatic rings. The van der Waals surface area contributed by atoms with Gasteiger partial charge in [0.05, 0.1) is 23.0 Å². The Morgan fingerprint density at radius 2 is 1.64 bits per heavy atom. The second kappa shape index (κ2) is 10.8. The Morgan fingerprint density at radius 3 is 2.29 bits per heavy atom. The third-order valence-electron chi connectivity index (χ3n) is 14.2. The van der Waals surface area contributed by atoms with Gasteiger partial charge in [-0.2, -0.15) is 5.10 Å². The van der Waals surface area contributed by atoms with Gasteiger partial charge in [-0.3, -0.25) is 0 Å². The third-order valence-corrected chi connectivity index (χ3v) is 14.5. The predicted octanol–water partition coefficient (Wildman–Crippen LogP) is 8.75. The average molecular weight is 638 g/mol.